The van der Waals surface area contributed by atoms with Gasteiger partial charge in [-0.25, -0.2) is 0 Å². The number of hydrogen-bond donors (Lipinski definition) is 1. The van der Waals surface area contributed by atoms with E-state index in [1.54, 1.807) is 11.8 Å². The van der Waals surface area contributed by atoms with Crippen LogP contribution >= 0.6 is 11.8 Å². The number of carbonyl (C=O) groups is 1. The van der Waals surface area contributed by atoms with Gasteiger partial charge in [0.25, 0.3) is 0 Å². The van der Waals surface area contributed by atoms with Crippen LogP contribution in [-0.4, -0.2) is 43.3 Å². The van der Waals surface area contributed by atoms with Crippen LogP contribution in [0, 0.1) is 13.8 Å². The first-order valence-electron chi connectivity index (χ1n) is 11.0. The second-order valence-electron chi connectivity index (χ2n) is 8.00. The van der Waals surface area contributed by atoms with Crippen molar-refractivity contribution in [3.8, 4) is 28.4 Å². The molecular formula is C25H28N6O2S. The van der Waals surface area contributed by atoms with E-state index in [0.717, 1.165) is 39.4 Å². The highest BCUT2D eigenvalue weighted by Crippen LogP contribution is 2.33. The van der Waals surface area contributed by atoms with Gasteiger partial charge in [0.1, 0.15) is 11.4 Å². The Labute approximate surface area is 203 Å². The summed E-state index contributed by atoms with van der Waals surface area (Å²) in [6.45, 7) is 6.72. The summed E-state index contributed by atoms with van der Waals surface area (Å²) in [7, 11) is 3.53. The lowest BCUT2D eigenvalue weighted by Crippen LogP contribution is -2.15. The number of rotatable bonds is 8. The normalized spacial score (nSPS) is 11.0. The van der Waals surface area contributed by atoms with Crippen molar-refractivity contribution >= 4 is 23.4 Å². The number of hydrogen-bond acceptors (Lipinski definition) is 6. The molecule has 0 radical (unpaired) electrons. The molecule has 0 saturated carbocycles. The maximum Gasteiger partial charge on any atom is 0.234 e. The van der Waals surface area contributed by atoms with Crippen molar-refractivity contribution in [2.24, 2.45) is 7.05 Å². The molecule has 1 amide bonds. The topological polar surface area (TPSA) is 86.9 Å². The Balaban J connectivity index is 1.56. The van der Waals surface area contributed by atoms with E-state index in [2.05, 4.69) is 26.7 Å². The number of methoxy groups -OCH3 is 1. The third-order valence-electron chi connectivity index (χ3n) is 5.43. The van der Waals surface area contributed by atoms with Crippen molar-refractivity contribution in [3.63, 3.8) is 0 Å². The molecule has 0 aliphatic heterocycles. The Hall–Kier alpha value is -3.59. The highest BCUT2D eigenvalue weighted by Gasteiger charge is 2.21. The first-order valence-corrected chi connectivity index (χ1v) is 12.0. The molecule has 2 aromatic heterocycles. The fourth-order valence-corrected chi connectivity index (χ4v) is 4.59. The van der Waals surface area contributed by atoms with E-state index in [-0.39, 0.29) is 11.7 Å². The van der Waals surface area contributed by atoms with E-state index >= 15 is 0 Å². The summed E-state index contributed by atoms with van der Waals surface area (Å²) in [5.74, 6) is 1.63. The van der Waals surface area contributed by atoms with Gasteiger partial charge in [-0.05, 0) is 44.5 Å². The van der Waals surface area contributed by atoms with Gasteiger partial charge < -0.3 is 14.6 Å². The maximum absolute atomic E-state index is 12.6. The fourth-order valence-electron chi connectivity index (χ4n) is 3.79. The minimum Gasteiger partial charge on any atom is -0.497 e. The summed E-state index contributed by atoms with van der Waals surface area (Å²) in [6.07, 6.45) is 1.94. The van der Waals surface area contributed by atoms with Gasteiger partial charge in [0, 0.05) is 31.0 Å². The molecule has 0 bridgehead atoms. The standard InChI is InChI=1S/C25H28N6O2S/c1-6-31-24(20-14-30(4)29-23(20)18-8-7-9-19(13-18)33-5)27-28-25(31)34-15-22(32)26-21-11-10-16(2)12-17(21)3/h7-14H,6,15H2,1-5H3,(H,26,32). The molecule has 0 aliphatic carbocycles. The zero-order valence-electron chi connectivity index (χ0n) is 20.0. The predicted octanol–water partition coefficient (Wildman–Crippen LogP) is 4.72. The summed E-state index contributed by atoms with van der Waals surface area (Å²) >= 11 is 1.37. The summed E-state index contributed by atoms with van der Waals surface area (Å²) in [5.41, 5.74) is 5.63. The summed E-state index contributed by atoms with van der Waals surface area (Å²) < 4.78 is 9.16. The van der Waals surface area contributed by atoms with Crippen LogP contribution in [0.15, 0.2) is 53.8 Å². The number of nitrogens with one attached hydrogen (secondary N) is 1. The van der Waals surface area contributed by atoms with Gasteiger partial charge in [0.05, 0.1) is 18.4 Å². The first kappa shape index (κ1) is 23.6. The van der Waals surface area contributed by atoms with Crippen molar-refractivity contribution in [3.05, 3.63) is 59.8 Å². The number of nitrogens with zero attached hydrogens (tertiary/aromatic N) is 5. The van der Waals surface area contributed by atoms with Crippen molar-refractivity contribution in [1.29, 1.82) is 0 Å². The van der Waals surface area contributed by atoms with Gasteiger partial charge in [0.2, 0.25) is 5.91 Å². The molecule has 1 N–H and O–H groups in total. The molecule has 0 aliphatic rings. The van der Waals surface area contributed by atoms with Crippen LogP contribution in [0.2, 0.25) is 0 Å². The fraction of sp³-hybridized carbons (Fsp3) is 0.280. The summed E-state index contributed by atoms with van der Waals surface area (Å²) in [5, 5.41) is 17.2. The molecule has 0 saturated heterocycles. The average molecular weight is 477 g/mol. The van der Waals surface area contributed by atoms with E-state index in [4.69, 9.17) is 4.74 Å². The largest absolute Gasteiger partial charge is 0.497 e. The summed E-state index contributed by atoms with van der Waals surface area (Å²) in [4.78, 5) is 12.6. The van der Waals surface area contributed by atoms with Crippen LogP contribution in [0.4, 0.5) is 5.69 Å². The molecule has 34 heavy (non-hydrogen) atoms. The molecule has 0 fully saturated rings. The molecule has 4 rings (SSSR count). The highest BCUT2D eigenvalue weighted by atomic mass is 32.2. The molecule has 4 aromatic rings. The minimum atomic E-state index is -0.0809. The zero-order valence-corrected chi connectivity index (χ0v) is 20.8. The first-order chi connectivity index (χ1) is 16.4. The van der Waals surface area contributed by atoms with Crippen LogP contribution in [0.25, 0.3) is 22.6 Å². The third-order valence-corrected chi connectivity index (χ3v) is 6.40. The number of aromatic nitrogens is 5. The second kappa shape index (κ2) is 10.1. The number of thioether (sulfide) groups is 1. The molecule has 0 atom stereocenters. The van der Waals surface area contributed by atoms with Gasteiger partial charge in [-0.3, -0.25) is 9.48 Å². The molecule has 8 nitrogen and oxygen atoms in total. The molecule has 0 unspecified atom stereocenters. The van der Waals surface area contributed by atoms with Crippen molar-refractivity contribution in [2.75, 3.05) is 18.2 Å². The molecule has 176 valence electrons. The van der Waals surface area contributed by atoms with Crippen molar-refractivity contribution < 1.29 is 9.53 Å². The Morgan fingerprint density at radius 3 is 2.71 bits per heavy atom. The Morgan fingerprint density at radius 2 is 1.97 bits per heavy atom. The number of ether oxygens (including phenoxy) is 1. The van der Waals surface area contributed by atoms with E-state index in [1.165, 1.54) is 11.8 Å². The quantitative estimate of drug-likeness (QED) is 0.370. The van der Waals surface area contributed by atoms with E-state index in [1.807, 2.05) is 75.0 Å². The molecule has 2 heterocycles. The van der Waals surface area contributed by atoms with Crippen molar-refractivity contribution in [2.45, 2.75) is 32.5 Å². The van der Waals surface area contributed by atoms with Crippen LogP contribution in [-0.2, 0) is 18.4 Å². The molecule has 0 spiro atoms. The summed E-state index contributed by atoms with van der Waals surface area (Å²) in [6, 6.07) is 13.8. The Kier molecular flexibility index (Phi) is 7.02. The Morgan fingerprint density at radius 1 is 1.15 bits per heavy atom. The van der Waals surface area contributed by atoms with Gasteiger partial charge >= 0.3 is 0 Å². The van der Waals surface area contributed by atoms with Crippen LogP contribution in [0.3, 0.4) is 0 Å². The van der Waals surface area contributed by atoms with Crippen LogP contribution in [0.1, 0.15) is 18.1 Å². The van der Waals surface area contributed by atoms with Gasteiger partial charge in [-0.15, -0.1) is 10.2 Å². The SMILES string of the molecule is CCn1c(SCC(=O)Nc2ccc(C)cc2C)nnc1-c1cn(C)nc1-c1cccc(OC)c1. The third kappa shape index (κ3) is 4.99. The van der Waals surface area contributed by atoms with E-state index in [0.29, 0.717) is 17.5 Å². The zero-order chi connectivity index (χ0) is 24.2. The van der Waals surface area contributed by atoms with E-state index in [9.17, 15) is 4.79 Å². The van der Waals surface area contributed by atoms with Crippen molar-refractivity contribution in [1.82, 2.24) is 24.5 Å². The smallest absolute Gasteiger partial charge is 0.234 e. The number of amides is 1. The van der Waals surface area contributed by atoms with E-state index < -0.39 is 0 Å². The van der Waals surface area contributed by atoms with Gasteiger partial charge in [-0.1, -0.05) is 41.6 Å². The molecule has 2 aromatic carbocycles. The lowest BCUT2D eigenvalue weighted by molar-refractivity contribution is -0.113. The Bertz CT molecular complexity index is 1330. The van der Waals surface area contributed by atoms with Gasteiger partial charge in [-0.2, -0.15) is 5.10 Å². The number of carbonyl (C=O) groups excluding carboxylic acids is 1. The monoisotopic (exact) mass is 476 g/mol. The van der Waals surface area contributed by atoms with Crippen LogP contribution < -0.4 is 10.1 Å². The minimum absolute atomic E-state index is 0.0809. The number of benzene rings is 2. The van der Waals surface area contributed by atoms with Crippen LogP contribution in [0.5, 0.6) is 5.75 Å². The second-order valence-corrected chi connectivity index (χ2v) is 8.95. The molecular weight excluding hydrogens is 448 g/mol. The molecule has 9 heteroatoms. The predicted molar refractivity (Wildman–Crippen MR) is 135 cm³/mol. The number of aryl methyl sites for hydroxylation is 3. The maximum atomic E-state index is 12.6. The number of anilines is 1. The lowest BCUT2D eigenvalue weighted by atomic mass is 10.1. The average Bonchev–Trinajstić information content (AvgIpc) is 3.42. The highest BCUT2D eigenvalue weighted by molar-refractivity contribution is 7.99. The lowest BCUT2D eigenvalue weighted by Gasteiger charge is -2.10. The van der Waals surface area contributed by atoms with Gasteiger partial charge in [0.15, 0.2) is 11.0 Å².